The Kier molecular flexibility index (Phi) is 6.76. The van der Waals surface area contributed by atoms with E-state index in [4.69, 9.17) is 9.26 Å². The molecule has 1 unspecified atom stereocenters. The van der Waals surface area contributed by atoms with Crippen LogP contribution in [0.15, 0.2) is 61.2 Å². The molecule has 32 heavy (non-hydrogen) atoms. The summed E-state index contributed by atoms with van der Waals surface area (Å²) in [6.45, 7) is 8.34. The van der Waals surface area contributed by atoms with E-state index in [0.29, 0.717) is 0 Å². The molecular weight excluding hydrogens is 459 g/mol. The smallest absolute Gasteiger partial charge is 0.151 e. The zero-order valence-electron chi connectivity index (χ0n) is 17.4. The molecule has 0 bridgehead atoms. The third-order valence-electron chi connectivity index (χ3n) is 5.06. The molecular formula is C23H23N4O2PS2. The van der Waals surface area contributed by atoms with Gasteiger partial charge in [0.15, 0.2) is 5.82 Å². The van der Waals surface area contributed by atoms with Gasteiger partial charge in [-0.1, -0.05) is 12.6 Å². The highest BCUT2D eigenvalue weighted by atomic mass is 32.1. The molecule has 0 saturated carbocycles. The maximum Gasteiger partial charge on any atom is 0.151 e. The highest BCUT2D eigenvalue weighted by molar-refractivity contribution is 7.36. The molecule has 4 aromatic rings. The number of rotatable bonds is 8. The Bertz CT molecular complexity index is 1220. The lowest BCUT2D eigenvalue weighted by molar-refractivity contribution is 0.0346. The van der Waals surface area contributed by atoms with E-state index in [9.17, 15) is 0 Å². The molecule has 4 heterocycles. The number of hydrogen-bond acceptors (Lipinski definition) is 8. The van der Waals surface area contributed by atoms with E-state index in [1.807, 2.05) is 35.6 Å². The molecule has 6 nitrogen and oxygen atoms in total. The molecule has 1 aromatic carbocycles. The van der Waals surface area contributed by atoms with Gasteiger partial charge >= 0.3 is 0 Å². The van der Waals surface area contributed by atoms with Crippen LogP contribution in [0.4, 0.5) is 11.5 Å². The summed E-state index contributed by atoms with van der Waals surface area (Å²) in [5.74, 6) is 3.37. The number of nitrogens with one attached hydrogen (secondary N) is 1. The van der Waals surface area contributed by atoms with Crippen molar-refractivity contribution in [2.45, 2.75) is 6.54 Å². The Labute approximate surface area is 196 Å². The third-order valence-corrected chi connectivity index (χ3v) is 7.97. The molecule has 0 radical (unpaired) electrons. The van der Waals surface area contributed by atoms with Crippen LogP contribution >= 0.6 is 31.5 Å². The van der Waals surface area contributed by atoms with E-state index in [0.717, 1.165) is 60.3 Å². The number of morpholine rings is 1. The monoisotopic (exact) mass is 482 g/mol. The Morgan fingerprint density at radius 3 is 2.91 bits per heavy atom. The van der Waals surface area contributed by atoms with E-state index in [2.05, 4.69) is 45.0 Å². The summed E-state index contributed by atoms with van der Waals surface area (Å²) < 4.78 is 12.2. The first-order chi connectivity index (χ1) is 15.8. The van der Waals surface area contributed by atoms with Crippen LogP contribution in [0.5, 0.6) is 5.75 Å². The van der Waals surface area contributed by atoms with Gasteiger partial charge in [-0.05, 0) is 36.1 Å². The van der Waals surface area contributed by atoms with Crippen molar-refractivity contribution in [2.75, 3.05) is 31.6 Å². The number of fused-ring (bicyclic) bond motifs is 1. The number of aromatic nitrogens is 2. The van der Waals surface area contributed by atoms with Crippen LogP contribution in [0.1, 0.15) is 4.88 Å². The first-order valence-electron chi connectivity index (χ1n) is 10.3. The summed E-state index contributed by atoms with van der Waals surface area (Å²) in [5.41, 5.74) is 1.88. The third kappa shape index (κ3) is 5.00. The van der Waals surface area contributed by atoms with Crippen LogP contribution in [-0.2, 0) is 11.3 Å². The van der Waals surface area contributed by atoms with Crippen LogP contribution in [0, 0.1) is 0 Å². The second kappa shape index (κ2) is 10.1. The van der Waals surface area contributed by atoms with Gasteiger partial charge in [0.25, 0.3) is 0 Å². The normalized spacial score (nSPS) is 14.9. The van der Waals surface area contributed by atoms with Crippen LogP contribution < -0.4 is 9.84 Å². The van der Waals surface area contributed by atoms with Gasteiger partial charge in [-0.15, -0.1) is 22.7 Å². The predicted octanol–water partition coefficient (Wildman–Crippen LogP) is 6.11. The lowest BCUT2D eigenvalue weighted by Crippen LogP contribution is -2.35. The Morgan fingerprint density at radius 2 is 2.03 bits per heavy atom. The number of anilines is 2. The summed E-state index contributed by atoms with van der Waals surface area (Å²) in [7, 11) is 0.236. The fraction of sp³-hybridized carbons (Fsp3) is 0.217. The largest absolute Gasteiger partial charge is 0.473 e. The van der Waals surface area contributed by atoms with Crippen LogP contribution in [-0.4, -0.2) is 41.2 Å². The van der Waals surface area contributed by atoms with Crippen molar-refractivity contribution in [3.05, 3.63) is 66.1 Å². The molecule has 1 atom stereocenters. The number of hydrogen-bond donors (Lipinski definition) is 1. The first-order valence-corrected chi connectivity index (χ1v) is 12.9. The maximum absolute atomic E-state index is 5.67. The van der Waals surface area contributed by atoms with Crippen molar-refractivity contribution in [3.63, 3.8) is 0 Å². The van der Waals surface area contributed by atoms with E-state index in [1.165, 1.54) is 14.6 Å². The molecule has 3 aromatic heterocycles. The molecule has 1 N–H and O–H groups in total. The molecule has 1 aliphatic heterocycles. The van der Waals surface area contributed by atoms with E-state index >= 15 is 0 Å². The van der Waals surface area contributed by atoms with Gasteiger partial charge in [-0.3, -0.25) is 4.90 Å². The lowest BCUT2D eigenvalue weighted by Gasteiger charge is -2.25. The van der Waals surface area contributed by atoms with Crippen LogP contribution in [0.3, 0.4) is 0 Å². The van der Waals surface area contributed by atoms with Gasteiger partial charge in [0, 0.05) is 46.0 Å². The minimum absolute atomic E-state index is 0.236. The average Bonchev–Trinajstić information content (AvgIpc) is 3.46. The van der Waals surface area contributed by atoms with Gasteiger partial charge in [0.2, 0.25) is 0 Å². The van der Waals surface area contributed by atoms with Gasteiger partial charge in [0.1, 0.15) is 12.1 Å². The van der Waals surface area contributed by atoms with E-state index in [-0.39, 0.29) is 8.81 Å². The second-order valence-electron chi connectivity index (χ2n) is 7.28. The molecule has 1 fully saturated rings. The Hall–Kier alpha value is -2.35. The van der Waals surface area contributed by atoms with Gasteiger partial charge in [-0.25, -0.2) is 9.97 Å². The Morgan fingerprint density at radius 1 is 1.12 bits per heavy atom. The minimum atomic E-state index is 0.236. The van der Waals surface area contributed by atoms with E-state index in [1.54, 1.807) is 23.5 Å². The van der Waals surface area contributed by atoms with Crippen molar-refractivity contribution >= 4 is 53.2 Å². The molecule has 164 valence electrons. The maximum atomic E-state index is 5.67. The summed E-state index contributed by atoms with van der Waals surface area (Å²) in [5, 5.41) is 3.43. The minimum Gasteiger partial charge on any atom is -0.473 e. The highest BCUT2D eigenvalue weighted by Gasteiger charge is 2.15. The van der Waals surface area contributed by atoms with Crippen molar-refractivity contribution in [1.82, 2.24) is 14.9 Å². The number of ether oxygens (including phenoxy) is 1. The van der Waals surface area contributed by atoms with Crippen LogP contribution in [0.25, 0.3) is 20.0 Å². The van der Waals surface area contributed by atoms with Crippen molar-refractivity contribution in [1.29, 1.82) is 0 Å². The molecule has 1 saturated heterocycles. The van der Waals surface area contributed by atoms with Crippen molar-refractivity contribution in [3.8, 4) is 15.5 Å². The summed E-state index contributed by atoms with van der Waals surface area (Å²) >= 11 is 3.57. The van der Waals surface area contributed by atoms with Crippen LogP contribution in [0.2, 0.25) is 0 Å². The number of benzene rings is 1. The fourth-order valence-electron chi connectivity index (χ4n) is 3.52. The molecule has 5 rings (SSSR count). The van der Waals surface area contributed by atoms with Crippen molar-refractivity contribution < 1.29 is 9.26 Å². The predicted molar refractivity (Wildman–Crippen MR) is 136 cm³/mol. The Balaban J connectivity index is 1.36. The fourth-order valence-corrected chi connectivity index (χ4v) is 6.06. The van der Waals surface area contributed by atoms with Gasteiger partial charge in [0.05, 0.1) is 32.2 Å². The molecule has 0 aliphatic carbocycles. The van der Waals surface area contributed by atoms with Gasteiger partial charge in [-0.2, -0.15) is 0 Å². The number of thiophene rings is 2. The summed E-state index contributed by atoms with van der Waals surface area (Å²) in [6, 6.07) is 14.5. The summed E-state index contributed by atoms with van der Waals surface area (Å²) in [4.78, 5) is 15.3. The lowest BCUT2D eigenvalue weighted by atomic mass is 10.3. The highest BCUT2D eigenvalue weighted by Crippen LogP contribution is 2.39. The van der Waals surface area contributed by atoms with E-state index < -0.39 is 0 Å². The first kappa shape index (κ1) is 21.5. The number of nitrogens with zero attached hydrogens (tertiary/aromatic N) is 3. The zero-order chi connectivity index (χ0) is 21.8. The standard InChI is InChI=1S/C23H23N4O2PS2/c1-2-30-29-17-5-3-4-16(12-17)26-23-22-19(24-15-25-23)13-21(32-22)20-7-6-18(31-20)14-27-8-10-28-11-9-27/h2-7,12-13,15,30H,1,8-11,14H2,(H,24,25,26). The SMILES string of the molecule is C=CPOc1cccc(Nc2ncnc3cc(-c4ccc(CN5CCOCC5)s4)sc23)c1. The zero-order valence-corrected chi connectivity index (χ0v) is 20.0. The average molecular weight is 483 g/mol. The van der Waals surface area contributed by atoms with Gasteiger partial charge < -0.3 is 14.6 Å². The molecule has 1 aliphatic rings. The van der Waals surface area contributed by atoms with Crippen molar-refractivity contribution in [2.24, 2.45) is 0 Å². The molecule has 9 heteroatoms. The quantitative estimate of drug-likeness (QED) is 0.306. The molecule has 0 amide bonds. The molecule has 0 spiro atoms. The second-order valence-corrected chi connectivity index (χ2v) is 10.3. The summed E-state index contributed by atoms with van der Waals surface area (Å²) in [6.07, 6.45) is 1.61. The topological polar surface area (TPSA) is 59.5 Å².